The first kappa shape index (κ1) is 13.4. The number of hydrogen-bond acceptors (Lipinski definition) is 4. The summed E-state index contributed by atoms with van der Waals surface area (Å²) in [5.41, 5.74) is 5.22. The molecule has 0 aliphatic rings. The number of carbonyl (C=O) groups excluding carboxylic acids is 1. The van der Waals surface area contributed by atoms with Crippen LogP contribution >= 0.6 is 0 Å². The Balaban J connectivity index is 3.50. The van der Waals surface area contributed by atoms with Gasteiger partial charge in [0.1, 0.15) is 6.61 Å². The third kappa shape index (κ3) is 7.97. The van der Waals surface area contributed by atoms with Crippen molar-refractivity contribution in [2.24, 2.45) is 5.73 Å². The zero-order chi connectivity index (χ0) is 11.0. The van der Waals surface area contributed by atoms with Gasteiger partial charge in [-0.25, -0.2) is 0 Å². The summed E-state index contributed by atoms with van der Waals surface area (Å²) in [7, 11) is 3.93. The van der Waals surface area contributed by atoms with Gasteiger partial charge >= 0.3 is 0 Å². The third-order valence-corrected chi connectivity index (χ3v) is 1.54. The molecule has 1 unspecified atom stereocenters. The van der Waals surface area contributed by atoms with Crippen LogP contribution in [0.5, 0.6) is 0 Å². The van der Waals surface area contributed by atoms with Crippen LogP contribution in [0.1, 0.15) is 6.92 Å². The molecule has 1 amide bonds. The molecule has 0 saturated heterocycles. The number of nitrogens with zero attached hydrogens (tertiary/aromatic N) is 1. The first-order valence-corrected chi connectivity index (χ1v) is 4.78. The standard InChI is InChI=1S/C9H21N3O2/c1-8(6-12(2)3)11-9(13)7-14-5-4-10/h8H,4-7,10H2,1-3H3,(H,11,13). The van der Waals surface area contributed by atoms with Gasteiger partial charge in [-0.15, -0.1) is 0 Å². The third-order valence-electron chi connectivity index (χ3n) is 1.54. The number of amides is 1. The van der Waals surface area contributed by atoms with Crippen LogP contribution < -0.4 is 11.1 Å². The quantitative estimate of drug-likeness (QED) is 0.522. The molecule has 0 spiro atoms. The Kier molecular flexibility index (Phi) is 7.37. The van der Waals surface area contributed by atoms with Crippen LogP contribution in [0.15, 0.2) is 0 Å². The molecule has 0 radical (unpaired) electrons. The zero-order valence-electron chi connectivity index (χ0n) is 9.25. The summed E-state index contributed by atoms with van der Waals surface area (Å²) >= 11 is 0. The van der Waals surface area contributed by atoms with Crippen molar-refractivity contribution in [2.45, 2.75) is 13.0 Å². The summed E-state index contributed by atoms with van der Waals surface area (Å²) in [6.45, 7) is 3.74. The van der Waals surface area contributed by atoms with E-state index in [9.17, 15) is 4.79 Å². The van der Waals surface area contributed by atoms with Gasteiger partial charge in [0, 0.05) is 19.1 Å². The summed E-state index contributed by atoms with van der Waals surface area (Å²) in [5, 5.41) is 2.82. The highest BCUT2D eigenvalue weighted by Crippen LogP contribution is 1.85. The minimum atomic E-state index is -0.0900. The molecule has 0 saturated carbocycles. The normalized spacial score (nSPS) is 12.9. The fourth-order valence-corrected chi connectivity index (χ4v) is 1.16. The van der Waals surface area contributed by atoms with Crippen LogP contribution in [0.2, 0.25) is 0 Å². The number of hydrogen-bond donors (Lipinski definition) is 2. The Morgan fingerprint density at radius 2 is 2.21 bits per heavy atom. The molecule has 0 heterocycles. The lowest BCUT2D eigenvalue weighted by molar-refractivity contribution is -0.126. The van der Waals surface area contributed by atoms with E-state index in [4.69, 9.17) is 10.5 Å². The highest BCUT2D eigenvalue weighted by atomic mass is 16.5. The first-order chi connectivity index (χ1) is 6.56. The molecule has 84 valence electrons. The van der Waals surface area contributed by atoms with Gasteiger partial charge < -0.3 is 20.7 Å². The van der Waals surface area contributed by atoms with Gasteiger partial charge in [-0.1, -0.05) is 0 Å². The van der Waals surface area contributed by atoms with Crippen molar-refractivity contribution in [1.29, 1.82) is 0 Å². The number of likely N-dealkylation sites (N-methyl/N-ethyl adjacent to an activating group) is 1. The van der Waals surface area contributed by atoms with E-state index < -0.39 is 0 Å². The van der Waals surface area contributed by atoms with Crippen molar-refractivity contribution >= 4 is 5.91 Å². The summed E-state index contributed by atoms with van der Waals surface area (Å²) in [4.78, 5) is 13.2. The lowest BCUT2D eigenvalue weighted by Crippen LogP contribution is -2.41. The first-order valence-electron chi connectivity index (χ1n) is 4.78. The SMILES string of the molecule is CC(CN(C)C)NC(=O)COCCN. The van der Waals surface area contributed by atoms with Crippen LogP contribution in [-0.4, -0.2) is 57.2 Å². The van der Waals surface area contributed by atoms with Crippen molar-refractivity contribution < 1.29 is 9.53 Å². The smallest absolute Gasteiger partial charge is 0.246 e. The Hall–Kier alpha value is -0.650. The van der Waals surface area contributed by atoms with E-state index in [1.807, 2.05) is 25.9 Å². The molecule has 0 aliphatic heterocycles. The van der Waals surface area contributed by atoms with Crippen molar-refractivity contribution in [3.05, 3.63) is 0 Å². The molecule has 14 heavy (non-hydrogen) atoms. The predicted octanol–water partition coefficient (Wildman–Crippen LogP) is -0.972. The summed E-state index contributed by atoms with van der Waals surface area (Å²) < 4.78 is 5.00. The van der Waals surface area contributed by atoms with E-state index in [0.717, 1.165) is 6.54 Å². The molecule has 0 aromatic heterocycles. The van der Waals surface area contributed by atoms with Gasteiger partial charge in [-0.2, -0.15) is 0 Å². The maximum atomic E-state index is 11.2. The molecule has 0 rings (SSSR count). The van der Waals surface area contributed by atoms with Gasteiger partial charge in [0.2, 0.25) is 5.91 Å². The van der Waals surface area contributed by atoms with E-state index in [0.29, 0.717) is 13.2 Å². The zero-order valence-corrected chi connectivity index (χ0v) is 9.25. The Bertz CT molecular complexity index is 162. The van der Waals surface area contributed by atoms with Crippen molar-refractivity contribution in [2.75, 3.05) is 40.4 Å². The number of nitrogens with one attached hydrogen (secondary N) is 1. The molecular formula is C9H21N3O2. The largest absolute Gasteiger partial charge is 0.370 e. The minimum absolute atomic E-state index is 0.0900. The lowest BCUT2D eigenvalue weighted by atomic mass is 10.3. The number of rotatable bonds is 7. The molecule has 0 aromatic carbocycles. The van der Waals surface area contributed by atoms with Gasteiger partial charge in [-0.3, -0.25) is 4.79 Å². The maximum absolute atomic E-state index is 11.2. The van der Waals surface area contributed by atoms with Crippen LogP contribution in [0, 0.1) is 0 Å². The molecule has 0 aromatic rings. The molecule has 0 bridgehead atoms. The number of ether oxygens (including phenoxy) is 1. The monoisotopic (exact) mass is 203 g/mol. The topological polar surface area (TPSA) is 67.6 Å². The number of nitrogens with two attached hydrogens (primary N) is 1. The molecule has 0 fully saturated rings. The fraction of sp³-hybridized carbons (Fsp3) is 0.889. The molecule has 3 N–H and O–H groups in total. The summed E-state index contributed by atoms with van der Waals surface area (Å²) in [6, 6.07) is 0.138. The maximum Gasteiger partial charge on any atom is 0.246 e. The lowest BCUT2D eigenvalue weighted by Gasteiger charge is -2.18. The van der Waals surface area contributed by atoms with E-state index in [1.165, 1.54) is 0 Å². The Labute approximate surface area is 85.6 Å². The second-order valence-electron chi connectivity index (χ2n) is 3.57. The highest BCUT2D eigenvalue weighted by molar-refractivity contribution is 5.77. The molecule has 5 heteroatoms. The second kappa shape index (κ2) is 7.73. The highest BCUT2D eigenvalue weighted by Gasteiger charge is 2.07. The number of carbonyl (C=O) groups is 1. The summed E-state index contributed by atoms with van der Waals surface area (Å²) in [6.07, 6.45) is 0. The fourth-order valence-electron chi connectivity index (χ4n) is 1.16. The Morgan fingerprint density at radius 1 is 1.57 bits per heavy atom. The second-order valence-corrected chi connectivity index (χ2v) is 3.57. The van der Waals surface area contributed by atoms with Gasteiger partial charge in [0.25, 0.3) is 0 Å². The van der Waals surface area contributed by atoms with Gasteiger partial charge in [-0.05, 0) is 21.0 Å². The van der Waals surface area contributed by atoms with Gasteiger partial charge in [0.05, 0.1) is 6.61 Å². The average Bonchev–Trinajstić information content (AvgIpc) is 2.02. The van der Waals surface area contributed by atoms with Crippen LogP contribution in [0.3, 0.4) is 0 Å². The van der Waals surface area contributed by atoms with Gasteiger partial charge in [0.15, 0.2) is 0 Å². The molecule has 1 atom stereocenters. The van der Waals surface area contributed by atoms with E-state index >= 15 is 0 Å². The molecular weight excluding hydrogens is 182 g/mol. The average molecular weight is 203 g/mol. The molecule has 5 nitrogen and oxygen atoms in total. The minimum Gasteiger partial charge on any atom is -0.370 e. The van der Waals surface area contributed by atoms with Crippen molar-refractivity contribution in [3.63, 3.8) is 0 Å². The van der Waals surface area contributed by atoms with Crippen molar-refractivity contribution in [1.82, 2.24) is 10.2 Å². The predicted molar refractivity (Wildman–Crippen MR) is 56.0 cm³/mol. The molecule has 0 aliphatic carbocycles. The van der Waals surface area contributed by atoms with E-state index in [-0.39, 0.29) is 18.6 Å². The van der Waals surface area contributed by atoms with E-state index in [2.05, 4.69) is 5.32 Å². The summed E-state index contributed by atoms with van der Waals surface area (Å²) in [5.74, 6) is -0.0900. The van der Waals surface area contributed by atoms with Crippen molar-refractivity contribution in [3.8, 4) is 0 Å². The van der Waals surface area contributed by atoms with Crippen LogP contribution in [-0.2, 0) is 9.53 Å². The van der Waals surface area contributed by atoms with Crippen LogP contribution in [0.25, 0.3) is 0 Å². The van der Waals surface area contributed by atoms with E-state index in [1.54, 1.807) is 0 Å². The van der Waals surface area contributed by atoms with Crippen LogP contribution in [0.4, 0.5) is 0 Å². The Morgan fingerprint density at radius 3 is 2.71 bits per heavy atom.